The molecule has 0 aromatic rings. The largest absolute Gasteiger partial charge is 0.462 e. The summed E-state index contributed by atoms with van der Waals surface area (Å²) in [6, 6.07) is -0.721. The Bertz CT molecular complexity index is 297. The zero-order valence-corrected chi connectivity index (χ0v) is 13.0. The molecule has 0 saturated carbocycles. The average Bonchev–Trinajstić information content (AvgIpc) is 2.28. The Balaban J connectivity index is 4.07. The molecule has 0 radical (unpaired) electrons. The fourth-order valence-electron chi connectivity index (χ4n) is 1.17. The molecule has 0 aromatic heterocycles. The van der Waals surface area contributed by atoms with Crippen LogP contribution in [0.15, 0.2) is 0 Å². The van der Waals surface area contributed by atoms with Gasteiger partial charge < -0.3 is 19.1 Å². The Morgan fingerprint density at radius 1 is 1.32 bits per heavy atom. The molecule has 8 heteroatoms. The molecule has 0 saturated heterocycles. The van der Waals surface area contributed by atoms with Crippen LogP contribution in [0.1, 0.15) is 27.7 Å². The Morgan fingerprint density at radius 3 is 2.32 bits per heavy atom. The van der Waals surface area contributed by atoms with E-state index in [1.54, 1.807) is 27.7 Å². The second kappa shape index (κ2) is 9.44. The van der Waals surface area contributed by atoms with Gasteiger partial charge in [0.2, 0.25) is 0 Å². The molecular weight excluding hydrogens is 273 g/mol. The maximum absolute atomic E-state index is 11.6. The van der Waals surface area contributed by atoms with Crippen molar-refractivity contribution in [3.8, 4) is 0 Å². The lowest BCUT2D eigenvalue weighted by Gasteiger charge is -2.19. The van der Waals surface area contributed by atoms with Gasteiger partial charge in [-0.1, -0.05) is 0 Å². The van der Waals surface area contributed by atoms with Crippen LogP contribution in [0.4, 0.5) is 0 Å². The van der Waals surface area contributed by atoms with E-state index in [0.29, 0.717) is 0 Å². The highest BCUT2D eigenvalue weighted by atomic mass is 31.1. The van der Waals surface area contributed by atoms with E-state index in [-0.39, 0.29) is 12.7 Å². The van der Waals surface area contributed by atoms with Gasteiger partial charge in [-0.3, -0.25) is 9.36 Å². The quantitative estimate of drug-likeness (QED) is 0.478. The summed E-state index contributed by atoms with van der Waals surface area (Å²) < 4.78 is 26.5. The number of carbonyl (C=O) groups excluding carboxylic acids is 1. The van der Waals surface area contributed by atoms with Crippen molar-refractivity contribution in [1.82, 2.24) is 5.09 Å². The number of ether oxygens (including phenoxy) is 2. The summed E-state index contributed by atoms with van der Waals surface area (Å²) >= 11 is 0. The molecule has 0 rings (SSSR count). The molecule has 4 atom stereocenters. The highest BCUT2D eigenvalue weighted by Crippen LogP contribution is 2.19. The first-order valence-corrected chi connectivity index (χ1v) is 7.44. The number of carbonyl (C=O) groups is 1. The van der Waals surface area contributed by atoms with Gasteiger partial charge in [-0.2, -0.15) is 0 Å². The van der Waals surface area contributed by atoms with Crippen molar-refractivity contribution in [2.75, 3.05) is 13.7 Å². The molecular formula is C11H24NO6P. The zero-order chi connectivity index (χ0) is 15.0. The van der Waals surface area contributed by atoms with Crippen LogP contribution in [0, 0.1) is 0 Å². The minimum atomic E-state index is -2.60. The van der Waals surface area contributed by atoms with E-state index in [2.05, 4.69) is 5.09 Å². The van der Waals surface area contributed by atoms with Crippen LogP contribution in [0.25, 0.3) is 0 Å². The van der Waals surface area contributed by atoms with Gasteiger partial charge in [0, 0.05) is 7.11 Å². The van der Waals surface area contributed by atoms with Gasteiger partial charge in [0.1, 0.15) is 12.1 Å². The maximum Gasteiger partial charge on any atom is 0.323 e. The van der Waals surface area contributed by atoms with E-state index >= 15 is 0 Å². The summed E-state index contributed by atoms with van der Waals surface area (Å²) in [5.41, 5.74) is 0. The average molecular weight is 297 g/mol. The van der Waals surface area contributed by atoms with Gasteiger partial charge in [-0.25, -0.2) is 5.09 Å². The van der Waals surface area contributed by atoms with Crippen molar-refractivity contribution in [3.05, 3.63) is 0 Å². The number of rotatable bonds is 9. The molecule has 19 heavy (non-hydrogen) atoms. The zero-order valence-electron chi connectivity index (χ0n) is 12.0. The fourth-order valence-corrected chi connectivity index (χ4v) is 2.04. The predicted octanol–water partition coefficient (Wildman–Crippen LogP) is 0.718. The third-order valence-electron chi connectivity index (χ3n) is 2.26. The van der Waals surface area contributed by atoms with Crippen molar-refractivity contribution >= 4 is 14.1 Å². The van der Waals surface area contributed by atoms with Crippen LogP contribution in [0.3, 0.4) is 0 Å². The van der Waals surface area contributed by atoms with Gasteiger partial charge in [-0.05, 0) is 27.7 Å². The Kier molecular flexibility index (Phi) is 9.22. The minimum Gasteiger partial charge on any atom is -0.462 e. The lowest BCUT2D eigenvalue weighted by molar-refractivity contribution is -0.149. The number of nitrogens with one attached hydrogen (secondary N) is 1. The Morgan fingerprint density at radius 2 is 1.89 bits per heavy atom. The van der Waals surface area contributed by atoms with Crippen LogP contribution >= 0.6 is 8.18 Å². The lowest BCUT2D eigenvalue weighted by Crippen LogP contribution is -2.34. The van der Waals surface area contributed by atoms with Crippen molar-refractivity contribution in [1.29, 1.82) is 0 Å². The van der Waals surface area contributed by atoms with Gasteiger partial charge in [0.25, 0.3) is 8.18 Å². The minimum absolute atomic E-state index is 0.0229. The summed E-state index contributed by atoms with van der Waals surface area (Å²) in [5, 5.41) is 11.8. The smallest absolute Gasteiger partial charge is 0.323 e. The molecule has 0 bridgehead atoms. The molecule has 0 aliphatic rings. The highest BCUT2D eigenvalue weighted by Gasteiger charge is 2.20. The topological polar surface area (TPSA) is 94.1 Å². The molecule has 2 N–H and O–H groups in total. The van der Waals surface area contributed by atoms with Crippen molar-refractivity contribution in [2.45, 2.75) is 52.0 Å². The molecule has 0 aromatic carbocycles. The van der Waals surface area contributed by atoms with Crippen molar-refractivity contribution in [2.24, 2.45) is 0 Å². The normalized spacial score (nSPS) is 17.8. The number of aliphatic hydroxyl groups excluding tert-OH is 1. The second-order valence-corrected chi connectivity index (χ2v) is 5.62. The van der Waals surface area contributed by atoms with Gasteiger partial charge in [0.15, 0.2) is 0 Å². The third-order valence-corrected chi connectivity index (χ3v) is 3.36. The van der Waals surface area contributed by atoms with E-state index in [0.717, 1.165) is 0 Å². The first-order valence-electron chi connectivity index (χ1n) is 6.12. The van der Waals surface area contributed by atoms with Crippen LogP contribution in [-0.4, -0.2) is 49.1 Å². The summed E-state index contributed by atoms with van der Waals surface area (Å²) in [7, 11) is -1.17. The number of hydrogen-bond acceptors (Lipinski definition) is 6. The number of methoxy groups -OCH3 is 1. The Hall–Kier alpha value is -0.460. The molecule has 0 aliphatic heterocycles. The SMILES string of the molecule is CO[C@H](CO[PH](=O)N[C@@H](C)C(=O)OC(C)C)[C@H](C)O. The molecule has 0 heterocycles. The number of hydrogen-bond donors (Lipinski definition) is 2. The van der Waals surface area contributed by atoms with Gasteiger partial charge in [0.05, 0.1) is 18.8 Å². The molecule has 0 aliphatic carbocycles. The standard InChI is InChI=1S/C11H24NO6P/c1-7(2)18-11(14)8(3)12-19(15)17-6-10(16-5)9(4)13/h7-10,13,19H,6H2,1-5H3,(H,12,15)/t8-,9-,10+/m0/s1. The van der Waals surface area contributed by atoms with Crippen LogP contribution in [0.2, 0.25) is 0 Å². The first kappa shape index (κ1) is 18.5. The van der Waals surface area contributed by atoms with Gasteiger partial charge >= 0.3 is 5.97 Å². The van der Waals surface area contributed by atoms with Crippen molar-refractivity contribution < 1.29 is 28.5 Å². The van der Waals surface area contributed by atoms with E-state index in [9.17, 15) is 14.5 Å². The molecule has 114 valence electrons. The van der Waals surface area contributed by atoms with E-state index in [1.165, 1.54) is 7.11 Å². The lowest BCUT2D eigenvalue weighted by atomic mass is 10.2. The molecule has 0 amide bonds. The Labute approximate surface area is 114 Å². The van der Waals surface area contributed by atoms with Gasteiger partial charge in [-0.15, -0.1) is 0 Å². The summed E-state index contributed by atoms with van der Waals surface area (Å²) in [6.07, 6.45) is -1.52. The van der Waals surface area contributed by atoms with E-state index in [1.807, 2.05) is 0 Å². The van der Waals surface area contributed by atoms with E-state index < -0.39 is 32.4 Å². The number of aliphatic hydroxyl groups is 1. The van der Waals surface area contributed by atoms with Crippen LogP contribution in [-0.2, 0) is 23.4 Å². The molecule has 7 nitrogen and oxygen atoms in total. The predicted molar refractivity (Wildman–Crippen MR) is 71.3 cm³/mol. The summed E-state index contributed by atoms with van der Waals surface area (Å²) in [5.74, 6) is -0.490. The van der Waals surface area contributed by atoms with Crippen molar-refractivity contribution in [3.63, 3.8) is 0 Å². The third kappa shape index (κ3) is 8.34. The summed E-state index contributed by atoms with van der Waals surface area (Å²) in [4.78, 5) is 11.5. The first-order chi connectivity index (χ1) is 8.77. The van der Waals surface area contributed by atoms with Crippen LogP contribution in [0.5, 0.6) is 0 Å². The monoisotopic (exact) mass is 297 g/mol. The fraction of sp³-hybridized carbons (Fsp3) is 0.909. The highest BCUT2D eigenvalue weighted by molar-refractivity contribution is 7.36. The molecule has 0 fully saturated rings. The second-order valence-electron chi connectivity index (χ2n) is 4.46. The summed E-state index contributed by atoms with van der Waals surface area (Å²) in [6.45, 7) is 6.53. The molecule has 0 spiro atoms. The molecule has 1 unspecified atom stereocenters. The van der Waals surface area contributed by atoms with E-state index in [4.69, 9.17) is 14.0 Å². The number of esters is 1. The van der Waals surface area contributed by atoms with Crippen LogP contribution < -0.4 is 5.09 Å². The maximum atomic E-state index is 11.6.